The first-order valence-electron chi connectivity index (χ1n) is 7.65. The van der Waals surface area contributed by atoms with Crippen LogP contribution in [-0.2, 0) is 4.79 Å². The van der Waals surface area contributed by atoms with Gasteiger partial charge in [-0.15, -0.1) is 0 Å². The van der Waals surface area contributed by atoms with Crippen molar-refractivity contribution in [3.63, 3.8) is 0 Å². The second-order valence-electron chi connectivity index (χ2n) is 6.48. The van der Waals surface area contributed by atoms with Crippen LogP contribution in [0.3, 0.4) is 0 Å². The van der Waals surface area contributed by atoms with Gasteiger partial charge >= 0.3 is 6.03 Å². The molecular weight excluding hydrogens is 268 g/mol. The Labute approximate surface area is 125 Å². The van der Waals surface area contributed by atoms with E-state index in [-0.39, 0.29) is 25.0 Å². The Hall–Kier alpha value is -1.61. The molecule has 6 nitrogen and oxygen atoms in total. The van der Waals surface area contributed by atoms with Crippen LogP contribution in [0.1, 0.15) is 32.6 Å². The predicted octanol–water partition coefficient (Wildman–Crippen LogP) is 1.09. The molecule has 116 valence electrons. The van der Waals surface area contributed by atoms with Gasteiger partial charge < -0.3 is 5.32 Å². The van der Waals surface area contributed by atoms with Crippen molar-refractivity contribution in [1.82, 2.24) is 15.5 Å². The van der Waals surface area contributed by atoms with E-state index in [1.807, 2.05) is 13.0 Å². The number of nitrogens with zero attached hydrogens (tertiary/aromatic N) is 2. The Kier molecular flexibility index (Phi) is 5.18. The van der Waals surface area contributed by atoms with Gasteiger partial charge in [-0.3, -0.25) is 15.0 Å². The molecule has 3 amide bonds. The second kappa shape index (κ2) is 6.90. The molecule has 6 heteroatoms. The fraction of sp³-hybridized carbons (Fsp3) is 0.800. The molecule has 4 unspecified atom stereocenters. The molecule has 0 aromatic carbocycles. The van der Waals surface area contributed by atoms with Crippen LogP contribution in [0.2, 0.25) is 0 Å². The third-order valence-corrected chi connectivity index (χ3v) is 4.80. The molecule has 4 atom stereocenters. The summed E-state index contributed by atoms with van der Waals surface area (Å²) in [4.78, 5) is 25.0. The lowest BCUT2D eigenvalue weighted by Crippen LogP contribution is -2.49. The Morgan fingerprint density at radius 1 is 1.38 bits per heavy atom. The zero-order valence-electron chi connectivity index (χ0n) is 12.8. The average Bonchev–Trinajstić information content (AvgIpc) is 3.00. The second-order valence-corrected chi connectivity index (χ2v) is 6.48. The van der Waals surface area contributed by atoms with Gasteiger partial charge in [-0.1, -0.05) is 6.42 Å². The summed E-state index contributed by atoms with van der Waals surface area (Å²) >= 11 is 0. The van der Waals surface area contributed by atoms with E-state index in [4.69, 9.17) is 5.26 Å². The number of rotatable bonds is 5. The molecule has 0 saturated heterocycles. The van der Waals surface area contributed by atoms with E-state index in [9.17, 15) is 9.59 Å². The summed E-state index contributed by atoms with van der Waals surface area (Å²) in [7, 11) is 1.67. The molecule has 0 aromatic rings. The number of imide groups is 1. The number of amides is 3. The summed E-state index contributed by atoms with van der Waals surface area (Å²) in [5.74, 6) is 1.74. The number of likely N-dealkylation sites (N-methyl/N-ethyl adjacent to an activating group) is 1. The number of carbonyl (C=O) groups excluding carboxylic acids is 2. The number of urea groups is 1. The first-order chi connectivity index (χ1) is 9.99. The Morgan fingerprint density at radius 2 is 2.14 bits per heavy atom. The van der Waals surface area contributed by atoms with Crippen LogP contribution in [0.4, 0.5) is 4.79 Å². The molecular formula is C15H24N4O2. The molecule has 0 aliphatic heterocycles. The highest BCUT2D eigenvalue weighted by molar-refractivity contribution is 5.95. The van der Waals surface area contributed by atoms with Crippen LogP contribution in [-0.4, -0.2) is 43.0 Å². The van der Waals surface area contributed by atoms with Crippen molar-refractivity contribution >= 4 is 11.9 Å². The van der Waals surface area contributed by atoms with Crippen molar-refractivity contribution in [2.24, 2.45) is 17.8 Å². The average molecular weight is 292 g/mol. The van der Waals surface area contributed by atoms with Crippen molar-refractivity contribution < 1.29 is 9.59 Å². The molecule has 0 heterocycles. The summed E-state index contributed by atoms with van der Waals surface area (Å²) in [6.07, 6.45) is 5.12. The lowest BCUT2D eigenvalue weighted by molar-refractivity contribution is -0.120. The van der Waals surface area contributed by atoms with Crippen molar-refractivity contribution in [2.75, 3.05) is 20.1 Å². The fourth-order valence-corrected chi connectivity index (χ4v) is 3.84. The van der Waals surface area contributed by atoms with Gasteiger partial charge in [0, 0.05) is 6.04 Å². The monoisotopic (exact) mass is 292 g/mol. The zero-order chi connectivity index (χ0) is 15.4. The zero-order valence-corrected chi connectivity index (χ0v) is 12.8. The van der Waals surface area contributed by atoms with Gasteiger partial charge in [0.1, 0.15) is 0 Å². The number of nitriles is 1. The van der Waals surface area contributed by atoms with Gasteiger partial charge in [0.15, 0.2) is 0 Å². The number of hydrogen-bond acceptors (Lipinski definition) is 4. The van der Waals surface area contributed by atoms with Crippen molar-refractivity contribution in [3.8, 4) is 6.07 Å². The van der Waals surface area contributed by atoms with E-state index in [0.717, 1.165) is 11.8 Å². The number of carbonyl (C=O) groups is 2. The van der Waals surface area contributed by atoms with E-state index >= 15 is 0 Å². The van der Waals surface area contributed by atoms with Gasteiger partial charge in [-0.25, -0.2) is 4.79 Å². The molecule has 0 spiro atoms. The minimum absolute atomic E-state index is 0.0451. The van der Waals surface area contributed by atoms with Crippen LogP contribution >= 0.6 is 0 Å². The third kappa shape index (κ3) is 4.18. The SMILES string of the molecule is CC(NC(=O)NC(=O)CN(C)CC#N)C1CC2CCC1C2. The molecule has 2 bridgehead atoms. The van der Waals surface area contributed by atoms with E-state index in [0.29, 0.717) is 5.92 Å². The summed E-state index contributed by atoms with van der Waals surface area (Å²) in [5.41, 5.74) is 0. The molecule has 2 rings (SSSR count). The highest BCUT2D eigenvalue weighted by Crippen LogP contribution is 2.49. The van der Waals surface area contributed by atoms with Crippen molar-refractivity contribution in [1.29, 1.82) is 5.26 Å². The lowest BCUT2D eigenvalue weighted by Gasteiger charge is -2.28. The molecule has 2 fully saturated rings. The third-order valence-electron chi connectivity index (χ3n) is 4.80. The highest BCUT2D eigenvalue weighted by Gasteiger charge is 2.42. The first-order valence-corrected chi connectivity index (χ1v) is 7.65. The van der Waals surface area contributed by atoms with Gasteiger partial charge in [-0.05, 0) is 51.0 Å². The quantitative estimate of drug-likeness (QED) is 0.743. The Balaban J connectivity index is 1.71. The fourth-order valence-electron chi connectivity index (χ4n) is 3.84. The first kappa shape index (κ1) is 15.8. The Bertz CT molecular complexity index is 445. The number of hydrogen-bond donors (Lipinski definition) is 2. The lowest BCUT2D eigenvalue weighted by atomic mass is 9.84. The summed E-state index contributed by atoms with van der Waals surface area (Å²) in [5, 5.41) is 13.7. The maximum atomic E-state index is 11.8. The Morgan fingerprint density at radius 3 is 2.71 bits per heavy atom. The van der Waals surface area contributed by atoms with E-state index in [2.05, 4.69) is 10.6 Å². The van der Waals surface area contributed by atoms with E-state index < -0.39 is 6.03 Å². The van der Waals surface area contributed by atoms with E-state index in [1.165, 1.54) is 25.7 Å². The summed E-state index contributed by atoms with van der Waals surface area (Å²) in [6, 6.07) is 1.63. The molecule has 0 radical (unpaired) electrons. The minimum Gasteiger partial charge on any atom is -0.335 e. The highest BCUT2D eigenvalue weighted by atomic mass is 16.2. The van der Waals surface area contributed by atoms with Gasteiger partial charge in [0.05, 0.1) is 19.2 Å². The largest absolute Gasteiger partial charge is 0.335 e. The maximum Gasteiger partial charge on any atom is 0.321 e. The topological polar surface area (TPSA) is 85.2 Å². The van der Waals surface area contributed by atoms with Crippen molar-refractivity contribution in [3.05, 3.63) is 0 Å². The van der Waals surface area contributed by atoms with Crippen LogP contribution in [0.5, 0.6) is 0 Å². The van der Waals surface area contributed by atoms with E-state index in [1.54, 1.807) is 11.9 Å². The van der Waals surface area contributed by atoms with Crippen LogP contribution in [0.25, 0.3) is 0 Å². The molecule has 21 heavy (non-hydrogen) atoms. The van der Waals surface area contributed by atoms with Crippen LogP contribution in [0.15, 0.2) is 0 Å². The maximum absolute atomic E-state index is 11.8. The van der Waals surface area contributed by atoms with Gasteiger partial charge in [-0.2, -0.15) is 5.26 Å². The summed E-state index contributed by atoms with van der Waals surface area (Å²) in [6.45, 7) is 2.23. The van der Waals surface area contributed by atoms with Gasteiger partial charge in [0.25, 0.3) is 0 Å². The molecule has 2 N–H and O–H groups in total. The molecule has 2 aliphatic rings. The molecule has 2 saturated carbocycles. The normalized spacial score (nSPS) is 28.2. The van der Waals surface area contributed by atoms with Gasteiger partial charge in [0.2, 0.25) is 5.91 Å². The minimum atomic E-state index is -0.430. The van der Waals surface area contributed by atoms with Crippen molar-refractivity contribution in [2.45, 2.75) is 38.6 Å². The molecule has 0 aromatic heterocycles. The number of nitrogens with one attached hydrogen (secondary N) is 2. The van der Waals surface area contributed by atoms with Crippen LogP contribution in [0, 0.1) is 29.1 Å². The standard InChI is InChI=1S/C15H24N4O2/c1-10(13-8-11-3-4-12(13)7-11)17-15(21)18-14(20)9-19(2)6-5-16/h10-13H,3-4,6-9H2,1-2H3,(H2,17,18,20,21). The number of fused-ring (bicyclic) bond motifs is 2. The molecule has 2 aliphatic carbocycles. The van der Waals surface area contributed by atoms with Crippen LogP contribution < -0.4 is 10.6 Å². The predicted molar refractivity (Wildman–Crippen MR) is 78.2 cm³/mol. The summed E-state index contributed by atoms with van der Waals surface area (Å²) < 4.78 is 0. The smallest absolute Gasteiger partial charge is 0.321 e.